The molecule has 1 saturated heterocycles. The molecule has 2 aliphatic rings. The first kappa shape index (κ1) is 16.4. The third kappa shape index (κ3) is 3.11. The van der Waals surface area contributed by atoms with E-state index in [0.717, 1.165) is 16.0 Å². The summed E-state index contributed by atoms with van der Waals surface area (Å²) in [7, 11) is 1.70. The second-order valence-corrected chi connectivity index (χ2v) is 6.65. The van der Waals surface area contributed by atoms with Crippen LogP contribution in [0.2, 0.25) is 0 Å². The van der Waals surface area contributed by atoms with Crippen LogP contribution in [0.15, 0.2) is 36.4 Å². The molecule has 0 aromatic heterocycles. The third-order valence-electron chi connectivity index (χ3n) is 4.86. The van der Waals surface area contributed by atoms with Gasteiger partial charge in [-0.3, -0.25) is 19.3 Å². The molecule has 5 nitrogen and oxygen atoms in total. The molecule has 126 valence electrons. The van der Waals surface area contributed by atoms with Crippen molar-refractivity contribution in [2.75, 3.05) is 13.6 Å². The van der Waals surface area contributed by atoms with E-state index in [9.17, 15) is 14.4 Å². The van der Waals surface area contributed by atoms with Crippen LogP contribution >= 0.6 is 0 Å². The first-order valence-corrected chi connectivity index (χ1v) is 8.27. The molecule has 0 unspecified atom stereocenters. The molecule has 5 heteroatoms. The van der Waals surface area contributed by atoms with Gasteiger partial charge in [0.25, 0.3) is 0 Å². The number of fused-ring (bicyclic) bond motifs is 1. The van der Waals surface area contributed by atoms with E-state index in [4.69, 9.17) is 0 Å². The first-order chi connectivity index (χ1) is 11.5. The number of nitrogens with zero attached hydrogens (tertiary/aromatic N) is 2. The largest absolute Gasteiger partial charge is 0.340 e. The normalized spacial score (nSPS) is 22.7. The van der Waals surface area contributed by atoms with Crippen molar-refractivity contribution in [3.8, 4) is 0 Å². The lowest BCUT2D eigenvalue weighted by atomic mass is 9.85. The van der Waals surface area contributed by atoms with Gasteiger partial charge in [0.05, 0.1) is 11.8 Å². The second-order valence-electron chi connectivity index (χ2n) is 6.65. The Balaban J connectivity index is 1.63. The van der Waals surface area contributed by atoms with Crippen molar-refractivity contribution in [1.29, 1.82) is 0 Å². The molecule has 1 aromatic rings. The molecule has 0 bridgehead atoms. The molecule has 3 amide bonds. The molecular weight excluding hydrogens is 304 g/mol. The van der Waals surface area contributed by atoms with E-state index in [2.05, 4.69) is 0 Å². The molecule has 1 aromatic carbocycles. The highest BCUT2D eigenvalue weighted by Gasteiger charge is 2.47. The van der Waals surface area contributed by atoms with E-state index >= 15 is 0 Å². The Labute approximate surface area is 141 Å². The molecule has 1 aliphatic heterocycles. The van der Waals surface area contributed by atoms with Gasteiger partial charge >= 0.3 is 0 Å². The summed E-state index contributed by atoms with van der Waals surface area (Å²) in [6.45, 7) is 2.31. The minimum absolute atomic E-state index is 0.160. The Kier molecular flexibility index (Phi) is 4.51. The zero-order valence-corrected chi connectivity index (χ0v) is 14.1. The number of hydrogen-bond donors (Lipinski definition) is 0. The fourth-order valence-corrected chi connectivity index (χ4v) is 3.34. The van der Waals surface area contributed by atoms with Gasteiger partial charge < -0.3 is 4.90 Å². The van der Waals surface area contributed by atoms with Crippen LogP contribution in [0.5, 0.6) is 0 Å². The van der Waals surface area contributed by atoms with Crippen LogP contribution in [0.3, 0.4) is 0 Å². The highest BCUT2D eigenvalue weighted by Crippen LogP contribution is 2.34. The summed E-state index contributed by atoms with van der Waals surface area (Å²) < 4.78 is 0. The van der Waals surface area contributed by atoms with Crippen LogP contribution in [-0.4, -0.2) is 41.1 Å². The number of likely N-dealkylation sites (tertiary alicyclic amines) is 1. The second kappa shape index (κ2) is 6.59. The number of aryl methyl sites for hydroxylation is 1. The van der Waals surface area contributed by atoms with Crippen molar-refractivity contribution in [3.63, 3.8) is 0 Å². The van der Waals surface area contributed by atoms with Gasteiger partial charge in [-0.05, 0) is 25.3 Å². The van der Waals surface area contributed by atoms with Gasteiger partial charge in [0.1, 0.15) is 6.54 Å². The van der Waals surface area contributed by atoms with E-state index < -0.39 is 0 Å². The maximum atomic E-state index is 12.4. The maximum Gasteiger partial charge on any atom is 0.242 e. The molecule has 24 heavy (non-hydrogen) atoms. The molecule has 0 saturated carbocycles. The topological polar surface area (TPSA) is 57.7 Å². The minimum atomic E-state index is -0.280. The quantitative estimate of drug-likeness (QED) is 0.627. The van der Waals surface area contributed by atoms with E-state index in [1.54, 1.807) is 11.9 Å². The van der Waals surface area contributed by atoms with Crippen LogP contribution < -0.4 is 0 Å². The predicted octanol–water partition coefficient (Wildman–Crippen LogP) is 1.90. The van der Waals surface area contributed by atoms with Crippen molar-refractivity contribution in [2.45, 2.75) is 26.3 Å². The number of hydrogen-bond acceptors (Lipinski definition) is 3. The summed E-state index contributed by atoms with van der Waals surface area (Å²) in [4.78, 5) is 40.0. The molecule has 0 radical (unpaired) electrons. The molecule has 1 aliphatic carbocycles. The zero-order valence-electron chi connectivity index (χ0n) is 14.1. The Morgan fingerprint density at radius 2 is 1.62 bits per heavy atom. The van der Waals surface area contributed by atoms with Crippen LogP contribution in [0.4, 0.5) is 0 Å². The molecule has 0 spiro atoms. The lowest BCUT2D eigenvalue weighted by Gasteiger charge is -2.21. The van der Waals surface area contributed by atoms with Crippen LogP contribution in [0, 0.1) is 18.8 Å². The van der Waals surface area contributed by atoms with E-state index in [1.165, 1.54) is 0 Å². The summed E-state index contributed by atoms with van der Waals surface area (Å²) in [6.07, 6.45) is 5.08. The molecule has 0 N–H and O–H groups in total. The predicted molar refractivity (Wildman–Crippen MR) is 89.7 cm³/mol. The van der Waals surface area contributed by atoms with E-state index in [1.807, 2.05) is 43.3 Å². The van der Waals surface area contributed by atoms with Gasteiger partial charge in [0.15, 0.2) is 0 Å². The Morgan fingerprint density at radius 1 is 1.08 bits per heavy atom. The van der Waals surface area contributed by atoms with Crippen LogP contribution in [0.1, 0.15) is 24.0 Å². The van der Waals surface area contributed by atoms with E-state index in [-0.39, 0.29) is 36.1 Å². The zero-order chi connectivity index (χ0) is 17.3. The van der Waals surface area contributed by atoms with Gasteiger partial charge in [-0.25, -0.2) is 0 Å². The van der Waals surface area contributed by atoms with Gasteiger partial charge in [-0.15, -0.1) is 0 Å². The summed E-state index contributed by atoms with van der Waals surface area (Å²) in [5, 5.41) is 0. The molecule has 3 rings (SSSR count). The summed E-state index contributed by atoms with van der Waals surface area (Å²) >= 11 is 0. The van der Waals surface area contributed by atoms with Gasteiger partial charge in [-0.2, -0.15) is 0 Å². The molecule has 1 fully saturated rings. The highest BCUT2D eigenvalue weighted by atomic mass is 16.2. The number of rotatable bonds is 4. The first-order valence-electron chi connectivity index (χ1n) is 8.27. The smallest absolute Gasteiger partial charge is 0.242 e. The lowest BCUT2D eigenvalue weighted by Crippen LogP contribution is -2.41. The SMILES string of the molecule is Cc1ccc(CN(C)C(=O)CN2C(=O)[C@@H]3CC=CC[C@H]3C2=O)cc1. The summed E-state index contributed by atoms with van der Waals surface area (Å²) in [6, 6.07) is 7.95. The Morgan fingerprint density at radius 3 is 2.17 bits per heavy atom. The lowest BCUT2D eigenvalue weighted by molar-refractivity contribution is -0.146. The fraction of sp³-hybridized carbons (Fsp3) is 0.421. The van der Waals surface area contributed by atoms with Crippen molar-refractivity contribution < 1.29 is 14.4 Å². The van der Waals surface area contributed by atoms with Crippen molar-refractivity contribution >= 4 is 17.7 Å². The van der Waals surface area contributed by atoms with Gasteiger partial charge in [-0.1, -0.05) is 42.0 Å². The average Bonchev–Trinajstić information content (AvgIpc) is 2.82. The number of allylic oxidation sites excluding steroid dienone is 2. The number of benzene rings is 1. The highest BCUT2D eigenvalue weighted by molar-refractivity contribution is 6.07. The molecular formula is C19H22N2O3. The average molecular weight is 326 g/mol. The number of carbonyl (C=O) groups excluding carboxylic acids is 3. The van der Waals surface area contributed by atoms with Gasteiger partial charge in [0.2, 0.25) is 17.7 Å². The third-order valence-corrected chi connectivity index (χ3v) is 4.86. The van der Waals surface area contributed by atoms with Crippen molar-refractivity contribution in [3.05, 3.63) is 47.5 Å². The van der Waals surface area contributed by atoms with Crippen molar-refractivity contribution in [2.24, 2.45) is 11.8 Å². The monoisotopic (exact) mass is 326 g/mol. The summed E-state index contributed by atoms with van der Waals surface area (Å²) in [5.74, 6) is -1.18. The number of carbonyl (C=O) groups is 3. The molecule has 1 heterocycles. The van der Waals surface area contributed by atoms with Crippen LogP contribution in [-0.2, 0) is 20.9 Å². The number of likely N-dealkylation sites (N-methyl/N-ethyl adjacent to an activating group) is 1. The Hall–Kier alpha value is -2.43. The van der Waals surface area contributed by atoms with E-state index in [0.29, 0.717) is 19.4 Å². The fourth-order valence-electron chi connectivity index (χ4n) is 3.34. The maximum absolute atomic E-state index is 12.4. The Bertz CT molecular complexity index is 667. The minimum Gasteiger partial charge on any atom is -0.340 e. The number of amides is 3. The standard InChI is InChI=1S/C19H22N2O3/c1-13-7-9-14(10-8-13)11-20(2)17(22)12-21-18(23)15-5-3-4-6-16(15)19(21)24/h3-4,7-10,15-16H,5-6,11-12H2,1-2H3/t15-,16-/m1/s1. The summed E-state index contributed by atoms with van der Waals surface area (Å²) in [5.41, 5.74) is 2.19. The van der Waals surface area contributed by atoms with Crippen LogP contribution in [0.25, 0.3) is 0 Å². The van der Waals surface area contributed by atoms with Gasteiger partial charge in [0, 0.05) is 13.6 Å². The van der Waals surface area contributed by atoms with Crippen molar-refractivity contribution in [1.82, 2.24) is 9.80 Å². The molecule has 2 atom stereocenters. The number of imide groups is 1.